The average Bonchev–Trinajstić information content (AvgIpc) is 2.39. The van der Waals surface area contributed by atoms with E-state index in [-0.39, 0.29) is 17.6 Å². The van der Waals surface area contributed by atoms with Crippen molar-refractivity contribution in [2.75, 3.05) is 6.61 Å². The highest BCUT2D eigenvalue weighted by atomic mass is 16.5. The Morgan fingerprint density at radius 2 is 2.06 bits per heavy atom. The van der Waals surface area contributed by atoms with Crippen molar-refractivity contribution in [3.8, 4) is 5.75 Å². The summed E-state index contributed by atoms with van der Waals surface area (Å²) in [6.45, 7) is 0.801. The Morgan fingerprint density at radius 1 is 1.28 bits per heavy atom. The van der Waals surface area contributed by atoms with Crippen LogP contribution in [0.25, 0.3) is 0 Å². The molecule has 98 valence electrons. The number of ether oxygens (including phenoxy) is 1. The standard InChI is InChI=1S/C15H20O3/c16-13-7-4-12(5-8-13)6-9-14(17)11-15-3-1-2-10-18-15/h4-5,7-8,15-16H,1-3,6,9-11H2. The van der Waals surface area contributed by atoms with Crippen molar-refractivity contribution >= 4 is 5.78 Å². The second-order valence-electron chi connectivity index (χ2n) is 4.90. The first-order valence-electron chi connectivity index (χ1n) is 6.65. The van der Waals surface area contributed by atoms with Gasteiger partial charge in [-0.15, -0.1) is 0 Å². The van der Waals surface area contributed by atoms with Gasteiger partial charge in [0.2, 0.25) is 0 Å². The molecule has 1 N–H and O–H groups in total. The molecule has 0 aromatic heterocycles. The van der Waals surface area contributed by atoms with Gasteiger partial charge in [0, 0.05) is 19.4 Å². The van der Waals surface area contributed by atoms with Gasteiger partial charge >= 0.3 is 0 Å². The zero-order valence-corrected chi connectivity index (χ0v) is 10.6. The molecule has 3 heteroatoms. The maximum atomic E-state index is 11.8. The number of ketones is 1. The number of carbonyl (C=O) groups excluding carboxylic acids is 1. The quantitative estimate of drug-likeness (QED) is 0.871. The van der Waals surface area contributed by atoms with E-state index in [4.69, 9.17) is 9.84 Å². The molecule has 1 aliphatic rings. The molecule has 0 saturated carbocycles. The highest BCUT2D eigenvalue weighted by Gasteiger charge is 2.17. The van der Waals surface area contributed by atoms with E-state index in [0.29, 0.717) is 12.8 Å². The second kappa shape index (κ2) is 6.55. The highest BCUT2D eigenvalue weighted by molar-refractivity contribution is 5.79. The number of phenolic OH excluding ortho intramolecular Hbond substituents is 1. The number of hydrogen-bond acceptors (Lipinski definition) is 3. The predicted octanol–water partition coefficient (Wildman–Crippen LogP) is 2.85. The molecule has 0 radical (unpaired) electrons. The first kappa shape index (κ1) is 13.1. The van der Waals surface area contributed by atoms with Gasteiger partial charge in [-0.25, -0.2) is 0 Å². The molecule has 1 unspecified atom stereocenters. The van der Waals surface area contributed by atoms with Crippen molar-refractivity contribution in [2.45, 2.75) is 44.6 Å². The molecular weight excluding hydrogens is 228 g/mol. The lowest BCUT2D eigenvalue weighted by Crippen LogP contribution is -2.22. The summed E-state index contributed by atoms with van der Waals surface area (Å²) in [5.74, 6) is 0.538. The summed E-state index contributed by atoms with van der Waals surface area (Å²) >= 11 is 0. The molecule has 1 saturated heterocycles. The van der Waals surface area contributed by atoms with E-state index in [2.05, 4.69) is 0 Å². The van der Waals surface area contributed by atoms with Crippen LogP contribution in [0.3, 0.4) is 0 Å². The van der Waals surface area contributed by atoms with Crippen LogP contribution >= 0.6 is 0 Å². The van der Waals surface area contributed by atoms with Crippen molar-refractivity contribution in [1.29, 1.82) is 0 Å². The first-order valence-corrected chi connectivity index (χ1v) is 6.65. The van der Waals surface area contributed by atoms with Gasteiger partial charge in [-0.05, 0) is 43.4 Å². The van der Waals surface area contributed by atoms with Crippen molar-refractivity contribution in [1.82, 2.24) is 0 Å². The molecule has 0 amide bonds. The van der Waals surface area contributed by atoms with E-state index in [0.717, 1.165) is 31.4 Å². The smallest absolute Gasteiger partial charge is 0.135 e. The molecule has 2 rings (SSSR count). The van der Waals surface area contributed by atoms with Crippen molar-refractivity contribution < 1.29 is 14.6 Å². The third kappa shape index (κ3) is 4.15. The van der Waals surface area contributed by atoms with Crippen molar-refractivity contribution in [3.63, 3.8) is 0 Å². The second-order valence-corrected chi connectivity index (χ2v) is 4.90. The highest BCUT2D eigenvalue weighted by Crippen LogP contribution is 2.17. The monoisotopic (exact) mass is 248 g/mol. The fourth-order valence-electron chi connectivity index (χ4n) is 2.27. The molecule has 1 heterocycles. The van der Waals surface area contributed by atoms with Crippen LogP contribution in [-0.4, -0.2) is 23.6 Å². The van der Waals surface area contributed by atoms with Gasteiger partial charge in [0.05, 0.1) is 6.10 Å². The van der Waals surface area contributed by atoms with Crippen LogP contribution < -0.4 is 0 Å². The number of aromatic hydroxyl groups is 1. The van der Waals surface area contributed by atoms with Gasteiger partial charge < -0.3 is 9.84 Å². The molecule has 0 bridgehead atoms. The lowest BCUT2D eigenvalue weighted by Gasteiger charge is -2.21. The molecule has 3 nitrogen and oxygen atoms in total. The molecule has 0 aliphatic carbocycles. The van der Waals surface area contributed by atoms with Gasteiger partial charge in [0.1, 0.15) is 11.5 Å². The van der Waals surface area contributed by atoms with E-state index < -0.39 is 0 Å². The third-order valence-corrected chi connectivity index (χ3v) is 3.36. The van der Waals surface area contributed by atoms with Gasteiger partial charge in [0.25, 0.3) is 0 Å². The topological polar surface area (TPSA) is 46.5 Å². The first-order chi connectivity index (χ1) is 8.74. The van der Waals surface area contributed by atoms with Crippen LogP contribution in [0.2, 0.25) is 0 Å². The van der Waals surface area contributed by atoms with Crippen LogP contribution in [0, 0.1) is 0 Å². The molecular formula is C15H20O3. The van der Waals surface area contributed by atoms with E-state index in [1.807, 2.05) is 12.1 Å². The number of phenols is 1. The predicted molar refractivity (Wildman–Crippen MR) is 69.6 cm³/mol. The van der Waals surface area contributed by atoms with Crippen LogP contribution in [-0.2, 0) is 16.0 Å². The van der Waals surface area contributed by atoms with Crippen LogP contribution in [0.4, 0.5) is 0 Å². The van der Waals surface area contributed by atoms with Crippen LogP contribution in [0.15, 0.2) is 24.3 Å². The Labute approximate surface area is 108 Å². The van der Waals surface area contributed by atoms with Gasteiger partial charge in [0.15, 0.2) is 0 Å². The maximum Gasteiger partial charge on any atom is 0.135 e. The molecule has 1 aromatic carbocycles. The van der Waals surface area contributed by atoms with E-state index in [1.54, 1.807) is 12.1 Å². The van der Waals surface area contributed by atoms with Crippen molar-refractivity contribution in [3.05, 3.63) is 29.8 Å². The largest absolute Gasteiger partial charge is 0.508 e. The summed E-state index contributed by atoms with van der Waals surface area (Å²) in [7, 11) is 0. The van der Waals surface area contributed by atoms with Gasteiger partial charge in [-0.2, -0.15) is 0 Å². The summed E-state index contributed by atoms with van der Waals surface area (Å²) in [6, 6.07) is 7.04. The average molecular weight is 248 g/mol. The Hall–Kier alpha value is -1.35. The normalized spacial score (nSPS) is 19.7. The minimum atomic E-state index is 0.145. The molecule has 1 aromatic rings. The van der Waals surface area contributed by atoms with E-state index >= 15 is 0 Å². The Morgan fingerprint density at radius 3 is 2.72 bits per heavy atom. The molecule has 1 atom stereocenters. The maximum absolute atomic E-state index is 11.8. The van der Waals surface area contributed by atoms with Crippen LogP contribution in [0.1, 0.15) is 37.7 Å². The van der Waals surface area contributed by atoms with Gasteiger partial charge in [-0.1, -0.05) is 12.1 Å². The Balaban J connectivity index is 1.72. The molecule has 1 aliphatic heterocycles. The van der Waals surface area contributed by atoms with Crippen molar-refractivity contribution in [2.24, 2.45) is 0 Å². The SMILES string of the molecule is O=C(CCc1ccc(O)cc1)CC1CCCCO1. The minimum Gasteiger partial charge on any atom is -0.508 e. The Kier molecular flexibility index (Phi) is 4.76. The lowest BCUT2D eigenvalue weighted by atomic mass is 10.00. The van der Waals surface area contributed by atoms with E-state index in [9.17, 15) is 4.79 Å². The minimum absolute atomic E-state index is 0.145. The fraction of sp³-hybridized carbons (Fsp3) is 0.533. The fourth-order valence-corrected chi connectivity index (χ4v) is 2.27. The lowest BCUT2D eigenvalue weighted by molar-refractivity contribution is -0.122. The molecule has 1 fully saturated rings. The number of rotatable bonds is 5. The summed E-state index contributed by atoms with van der Waals surface area (Å²) in [6.07, 6.45) is 5.32. The Bertz CT molecular complexity index is 377. The number of aryl methyl sites for hydroxylation is 1. The summed E-state index contributed by atoms with van der Waals surface area (Å²) in [5.41, 5.74) is 1.09. The number of hydrogen-bond donors (Lipinski definition) is 1. The summed E-state index contributed by atoms with van der Waals surface area (Å²) in [4.78, 5) is 11.8. The van der Waals surface area contributed by atoms with Gasteiger partial charge in [-0.3, -0.25) is 4.79 Å². The molecule has 18 heavy (non-hydrogen) atoms. The molecule has 0 spiro atoms. The summed E-state index contributed by atoms with van der Waals surface area (Å²) in [5, 5.41) is 9.17. The zero-order valence-electron chi connectivity index (χ0n) is 10.6. The number of benzene rings is 1. The van der Waals surface area contributed by atoms with E-state index in [1.165, 1.54) is 6.42 Å². The van der Waals surface area contributed by atoms with Crippen LogP contribution in [0.5, 0.6) is 5.75 Å². The summed E-state index contributed by atoms with van der Waals surface area (Å²) < 4.78 is 5.56. The number of carbonyl (C=O) groups is 1. The number of Topliss-reactive ketones (excluding diaryl/α,β-unsaturated/α-hetero) is 1. The zero-order chi connectivity index (χ0) is 12.8. The third-order valence-electron chi connectivity index (χ3n) is 3.36.